The summed E-state index contributed by atoms with van der Waals surface area (Å²) in [7, 11) is 0. The van der Waals surface area contributed by atoms with Crippen molar-refractivity contribution in [1.29, 1.82) is 0 Å². The molecule has 2 bridgehead atoms. The zero-order valence-corrected chi connectivity index (χ0v) is 16.3. The molecule has 1 aliphatic heterocycles. The van der Waals surface area contributed by atoms with E-state index in [4.69, 9.17) is 4.74 Å². The van der Waals surface area contributed by atoms with Crippen LogP contribution >= 0.6 is 0 Å². The van der Waals surface area contributed by atoms with E-state index in [0.717, 1.165) is 22.7 Å². The topological polar surface area (TPSA) is 39.9 Å². The van der Waals surface area contributed by atoms with Crippen molar-refractivity contribution in [3.8, 4) is 28.6 Å². The molecule has 0 amide bonds. The second-order valence-corrected chi connectivity index (χ2v) is 9.71. The Morgan fingerprint density at radius 2 is 1.80 bits per heavy atom. The molecule has 25 heavy (non-hydrogen) atoms. The molecule has 0 saturated heterocycles. The van der Waals surface area contributed by atoms with Gasteiger partial charge in [-0.15, -0.1) is 0 Å². The van der Waals surface area contributed by atoms with E-state index in [1.165, 1.54) is 6.44 Å². The van der Waals surface area contributed by atoms with Crippen molar-refractivity contribution in [3.05, 3.63) is 79.1 Å². The monoisotopic (exact) mass is 520 g/mol. The number of hydrogen-bond acceptors (Lipinski definition) is 3. The van der Waals surface area contributed by atoms with E-state index in [9.17, 15) is 0 Å². The number of rotatable bonds is 1. The number of benzene rings is 2. The summed E-state index contributed by atoms with van der Waals surface area (Å²) in [6.07, 6.45) is 3.80. The van der Waals surface area contributed by atoms with Crippen LogP contribution in [0.15, 0.2) is 79.1 Å². The summed E-state index contributed by atoms with van der Waals surface area (Å²) < 4.78 is 10.7. The number of ether oxygens (including phenoxy) is 1. The minimum atomic E-state index is -1.09. The summed E-state index contributed by atoms with van der Waals surface area (Å²) in [6, 6.07) is 22.6. The van der Waals surface area contributed by atoms with Crippen molar-refractivity contribution in [1.82, 2.24) is 14.8 Å². The zero-order chi connectivity index (χ0) is 16.6. The average Bonchev–Trinajstić information content (AvgIpc) is 3.14. The molecule has 120 valence electrons. The zero-order valence-electron chi connectivity index (χ0n) is 13.2. The van der Waals surface area contributed by atoms with Gasteiger partial charge in [0.05, 0.1) is 0 Å². The van der Waals surface area contributed by atoms with Gasteiger partial charge >= 0.3 is 157 Å². The summed E-state index contributed by atoms with van der Waals surface area (Å²) in [5.41, 5.74) is 3.30. The van der Waals surface area contributed by atoms with E-state index in [-0.39, 0.29) is 0 Å². The molecule has 5 heteroatoms. The van der Waals surface area contributed by atoms with Gasteiger partial charge in [-0.3, -0.25) is 0 Å². The van der Waals surface area contributed by atoms with Crippen molar-refractivity contribution >= 4 is 30.0 Å². The second kappa shape index (κ2) is 6.09. The molecule has 4 nitrogen and oxygen atoms in total. The summed E-state index contributed by atoms with van der Waals surface area (Å²) in [6.45, 7) is 0. The Morgan fingerprint density at radius 1 is 0.880 bits per heavy atom. The molecule has 1 aliphatic rings. The van der Waals surface area contributed by atoms with Crippen LogP contribution < -0.4 is 11.2 Å². The maximum absolute atomic E-state index is 6.14. The number of fused-ring (bicyclic) bond motifs is 5. The molecule has 5 rings (SSSR count). The minimum absolute atomic E-state index is 0.620. The normalized spacial score (nSPS) is 12.2. The first-order chi connectivity index (χ1) is 12.4. The van der Waals surface area contributed by atoms with Gasteiger partial charge in [-0.2, -0.15) is 0 Å². The SMILES string of the molecule is c1ccc(-c2cccc3[c]2[Po][c]2ccccc2-n2ccc(n2)O3)nc1. The van der Waals surface area contributed by atoms with Gasteiger partial charge in [0.2, 0.25) is 0 Å². The molecule has 0 fully saturated rings. The predicted octanol–water partition coefficient (Wildman–Crippen LogP) is 2.69. The first-order valence-corrected chi connectivity index (χ1v) is 11.1. The number of para-hydroxylation sites is 1. The molecule has 3 heterocycles. The van der Waals surface area contributed by atoms with E-state index in [1.807, 2.05) is 47.4 Å². The third-order valence-corrected chi connectivity index (χ3v) is 8.65. The van der Waals surface area contributed by atoms with Crippen LogP contribution in [0.1, 0.15) is 0 Å². The maximum atomic E-state index is 6.14. The van der Waals surface area contributed by atoms with Crippen LogP contribution in [0.25, 0.3) is 16.9 Å². The molecule has 0 atom stereocenters. The summed E-state index contributed by atoms with van der Waals surface area (Å²) in [5.74, 6) is 1.52. The standard InChI is InChI=1S/C20H13N3O.Po/c1-2-8-17(9-3-1)23-14-12-20(22-23)24-18-10-6-7-16(15-18)19-11-4-5-13-21-19;/h1-8,10-14H;. The van der Waals surface area contributed by atoms with Crippen LogP contribution in [0.4, 0.5) is 0 Å². The Bertz CT molecular complexity index is 1060. The first-order valence-electron chi connectivity index (χ1n) is 7.94. The van der Waals surface area contributed by atoms with Crippen molar-refractivity contribution in [2.45, 2.75) is 0 Å². The van der Waals surface area contributed by atoms with Crippen LogP contribution in [-0.2, 0) is 0 Å². The Balaban J connectivity index is 1.77. The quantitative estimate of drug-likeness (QED) is 0.342. The Hall–Kier alpha value is -2.50. The van der Waals surface area contributed by atoms with Crippen LogP contribution in [0.5, 0.6) is 11.6 Å². The Labute approximate surface area is 156 Å². The summed E-state index contributed by atoms with van der Waals surface area (Å²) in [5, 5.41) is 4.58. The fourth-order valence-electron chi connectivity index (χ4n) is 2.88. The summed E-state index contributed by atoms with van der Waals surface area (Å²) in [4.78, 5) is 4.55. The first kappa shape index (κ1) is 14.8. The number of pyridine rings is 1. The van der Waals surface area contributed by atoms with Gasteiger partial charge in [0.1, 0.15) is 0 Å². The van der Waals surface area contributed by atoms with E-state index in [0.29, 0.717) is 5.88 Å². The van der Waals surface area contributed by atoms with Gasteiger partial charge in [-0.1, -0.05) is 0 Å². The van der Waals surface area contributed by atoms with Gasteiger partial charge in [0, 0.05) is 0 Å². The van der Waals surface area contributed by atoms with Gasteiger partial charge in [-0.25, -0.2) is 0 Å². The van der Waals surface area contributed by atoms with E-state index < -0.39 is 23.6 Å². The molecule has 0 N–H and O–H groups in total. The van der Waals surface area contributed by atoms with Crippen LogP contribution in [0.2, 0.25) is 0 Å². The fourth-order valence-corrected chi connectivity index (χ4v) is 7.25. The molecule has 0 spiro atoms. The van der Waals surface area contributed by atoms with Gasteiger partial charge in [0.25, 0.3) is 0 Å². The molecule has 2 aromatic carbocycles. The molecule has 4 aromatic rings. The van der Waals surface area contributed by atoms with Crippen LogP contribution in [0.3, 0.4) is 0 Å². The van der Waals surface area contributed by atoms with Crippen LogP contribution in [0, 0.1) is 0 Å². The Morgan fingerprint density at radius 3 is 2.72 bits per heavy atom. The molecule has 0 unspecified atom stereocenters. The van der Waals surface area contributed by atoms with Gasteiger partial charge in [-0.05, 0) is 0 Å². The Kier molecular flexibility index (Phi) is 3.61. The number of hydrogen-bond donors (Lipinski definition) is 0. The third-order valence-electron chi connectivity index (χ3n) is 4.02. The predicted molar refractivity (Wildman–Crippen MR) is 98.3 cm³/mol. The number of aromatic nitrogens is 3. The molecular weight excluding hydrogens is 507 g/mol. The molecule has 0 aliphatic carbocycles. The summed E-state index contributed by atoms with van der Waals surface area (Å²) >= 11 is -1.09. The third kappa shape index (κ3) is 2.65. The van der Waals surface area contributed by atoms with Crippen molar-refractivity contribution in [3.63, 3.8) is 0 Å². The van der Waals surface area contributed by atoms with E-state index >= 15 is 0 Å². The molecule has 2 aromatic heterocycles. The second-order valence-electron chi connectivity index (χ2n) is 5.62. The molecule has 0 radical (unpaired) electrons. The van der Waals surface area contributed by atoms with Crippen molar-refractivity contribution in [2.24, 2.45) is 0 Å². The van der Waals surface area contributed by atoms with E-state index in [1.54, 1.807) is 0 Å². The van der Waals surface area contributed by atoms with Crippen molar-refractivity contribution in [2.75, 3.05) is 0 Å². The molecule has 0 saturated carbocycles. The fraction of sp³-hybridized carbons (Fsp3) is 0. The van der Waals surface area contributed by atoms with Crippen LogP contribution in [-0.4, -0.2) is 38.3 Å². The molecular formula is C20H13N3OPo. The van der Waals surface area contributed by atoms with Gasteiger partial charge < -0.3 is 0 Å². The van der Waals surface area contributed by atoms with Gasteiger partial charge in [0.15, 0.2) is 0 Å². The van der Waals surface area contributed by atoms with E-state index in [2.05, 4.69) is 46.5 Å². The average molecular weight is 520 g/mol. The number of nitrogens with zero attached hydrogens (tertiary/aromatic N) is 3. The van der Waals surface area contributed by atoms with Crippen molar-refractivity contribution < 1.29 is 4.74 Å².